The van der Waals surface area contributed by atoms with Gasteiger partial charge in [0, 0.05) is 0 Å². The fourth-order valence-corrected chi connectivity index (χ4v) is 1.78. The van der Waals surface area contributed by atoms with Crippen molar-refractivity contribution in [2.45, 2.75) is 58.8 Å². The van der Waals surface area contributed by atoms with Gasteiger partial charge < -0.3 is 13.0 Å². The van der Waals surface area contributed by atoms with E-state index in [1.54, 1.807) is 0 Å². The van der Waals surface area contributed by atoms with Crippen LogP contribution in [-0.2, 0) is 21.7 Å². The average molecular weight is 344 g/mol. The van der Waals surface area contributed by atoms with Gasteiger partial charge in [-0.2, -0.15) is 12.8 Å². The second kappa shape index (κ2) is 22.5. The van der Waals surface area contributed by atoms with Crippen LogP contribution in [0.25, 0.3) is 0 Å². The molecule has 122 valence electrons. The van der Waals surface area contributed by atoms with Gasteiger partial charge in [-0.3, -0.25) is 5.57 Å². The van der Waals surface area contributed by atoms with Crippen LogP contribution in [0.5, 0.6) is 0 Å². The third-order valence-electron chi connectivity index (χ3n) is 3.15. The molecule has 0 N–H and O–H groups in total. The topological polar surface area (TPSA) is 0 Å². The molecule has 2 aliphatic rings. The van der Waals surface area contributed by atoms with Gasteiger partial charge in [0.15, 0.2) is 0 Å². The second-order valence-corrected chi connectivity index (χ2v) is 5.16. The van der Waals surface area contributed by atoms with Crippen LogP contribution in [0.2, 0.25) is 0 Å². The van der Waals surface area contributed by atoms with Crippen molar-refractivity contribution in [3.05, 3.63) is 82.8 Å². The molecule has 2 aliphatic carbocycles. The van der Waals surface area contributed by atoms with Gasteiger partial charge in [0.1, 0.15) is 0 Å². The van der Waals surface area contributed by atoms with Gasteiger partial charge in [0.05, 0.1) is 0 Å². The summed E-state index contributed by atoms with van der Waals surface area (Å²) < 4.78 is 0. The Morgan fingerprint density at radius 1 is 0.739 bits per heavy atom. The minimum absolute atomic E-state index is 0. The molecule has 23 heavy (non-hydrogen) atoms. The quantitative estimate of drug-likeness (QED) is 0.286. The molecule has 0 bridgehead atoms. The van der Waals surface area contributed by atoms with Gasteiger partial charge in [0.2, 0.25) is 0 Å². The fraction of sp³-hybridized carbons (Fsp3) is 0.409. The molecule has 2 fully saturated rings. The van der Waals surface area contributed by atoms with Crippen LogP contribution in [0.3, 0.4) is 0 Å². The predicted molar refractivity (Wildman–Crippen MR) is 98.8 cm³/mol. The first-order valence-electron chi connectivity index (χ1n) is 8.56. The van der Waals surface area contributed by atoms with Crippen molar-refractivity contribution in [3.63, 3.8) is 0 Å². The molecule has 2 rings (SSSR count). The van der Waals surface area contributed by atoms with Crippen LogP contribution in [-0.4, -0.2) is 0 Å². The Hall–Kier alpha value is 0.454. The normalized spacial score (nSPS) is 16.7. The summed E-state index contributed by atoms with van der Waals surface area (Å²) in [4.78, 5) is 0. The van der Waals surface area contributed by atoms with E-state index in [1.165, 1.54) is 37.7 Å². The summed E-state index contributed by atoms with van der Waals surface area (Å²) in [6, 6.07) is 0. The van der Waals surface area contributed by atoms with Gasteiger partial charge in [-0.25, -0.2) is 0 Å². The van der Waals surface area contributed by atoms with Gasteiger partial charge >= 0.3 is 21.7 Å². The Morgan fingerprint density at radius 3 is 1.43 bits per heavy atom. The summed E-state index contributed by atoms with van der Waals surface area (Å²) in [6.07, 6.45) is 31.9. The zero-order valence-electron chi connectivity index (χ0n) is 14.9. The first-order chi connectivity index (χ1) is 10.8. The van der Waals surface area contributed by atoms with Crippen LogP contribution in [0, 0.1) is 77.2 Å². The number of hydrogen-bond acceptors (Lipinski definition) is 0. The molecule has 2 saturated carbocycles. The molecule has 0 amide bonds. The van der Waals surface area contributed by atoms with Crippen molar-refractivity contribution in [3.8, 4) is 0 Å². The molecule has 0 unspecified atom stereocenters. The van der Waals surface area contributed by atoms with Gasteiger partial charge in [-0.05, 0) is 64.2 Å². The third-order valence-corrected chi connectivity index (χ3v) is 3.15. The zero-order chi connectivity index (χ0) is 16.3. The minimum atomic E-state index is 0. The fourth-order valence-electron chi connectivity index (χ4n) is 1.78. The number of allylic oxidation sites excluding steroid dienone is 2. The summed E-state index contributed by atoms with van der Waals surface area (Å²) in [5.41, 5.74) is 1.44. The standard InChI is InChI=1S/C12H22.2C5H5.Ti/c1-4-7-9-11-12(6-3)10-8-5-2;2*1-2-4-5-3-1;/h3-10H2,1-2H3;2*1-5H;/q-2;;;+4. The zero-order valence-corrected chi connectivity index (χ0v) is 16.5. The van der Waals surface area contributed by atoms with Crippen molar-refractivity contribution >= 4 is 0 Å². The summed E-state index contributed by atoms with van der Waals surface area (Å²) >= 11 is 0. The Balaban J connectivity index is 0. The predicted octanol–water partition coefficient (Wildman–Crippen LogP) is 6.36. The molecular weight excluding hydrogens is 312 g/mol. The molecule has 0 nitrogen and oxygen atoms in total. The molecule has 0 aromatic heterocycles. The van der Waals surface area contributed by atoms with E-state index in [-0.39, 0.29) is 21.7 Å². The molecule has 0 atom stereocenters. The van der Waals surface area contributed by atoms with Crippen molar-refractivity contribution < 1.29 is 21.7 Å². The smallest absolute Gasteiger partial charge is 0.500 e. The molecule has 0 aromatic carbocycles. The molecule has 10 radical (unpaired) electrons. The Kier molecular flexibility index (Phi) is 25.1. The third kappa shape index (κ3) is 20.4. The average Bonchev–Trinajstić information content (AvgIpc) is 3.29. The largest absolute Gasteiger partial charge is 4.00 e. The Morgan fingerprint density at radius 2 is 1.13 bits per heavy atom. The maximum Gasteiger partial charge on any atom is 4.00 e. The van der Waals surface area contributed by atoms with E-state index in [9.17, 15) is 0 Å². The van der Waals surface area contributed by atoms with E-state index in [0.29, 0.717) is 0 Å². The molecule has 1 heteroatoms. The van der Waals surface area contributed by atoms with E-state index in [0.717, 1.165) is 12.8 Å². The van der Waals surface area contributed by atoms with Crippen LogP contribution in [0.1, 0.15) is 58.8 Å². The maximum atomic E-state index is 3.92. The van der Waals surface area contributed by atoms with Crippen LogP contribution in [0.4, 0.5) is 0 Å². The van der Waals surface area contributed by atoms with Crippen molar-refractivity contribution in [2.24, 2.45) is 0 Å². The maximum absolute atomic E-state index is 3.92. The molecule has 0 saturated heterocycles. The van der Waals surface area contributed by atoms with E-state index >= 15 is 0 Å². The van der Waals surface area contributed by atoms with E-state index < -0.39 is 0 Å². The van der Waals surface area contributed by atoms with Gasteiger partial charge in [-0.15, -0.1) is 0 Å². The molecule has 0 aromatic rings. The molecule has 0 heterocycles. The Bertz CT molecular complexity index is 199. The van der Waals surface area contributed by atoms with Crippen molar-refractivity contribution in [2.75, 3.05) is 0 Å². The summed E-state index contributed by atoms with van der Waals surface area (Å²) in [6.45, 7) is 8.37. The van der Waals surface area contributed by atoms with E-state index in [2.05, 4.69) is 26.8 Å². The molecule has 0 spiro atoms. The number of hydrogen-bond donors (Lipinski definition) is 0. The van der Waals surface area contributed by atoms with Crippen LogP contribution >= 0.6 is 0 Å². The molecule has 0 aliphatic heterocycles. The SMILES string of the molecule is [CH2-]CC(=[C-]CCCC)CCCC.[CH]1[CH][CH][CH][CH]1.[CH]1[CH][CH][CH][CH]1.[Ti+4]. The van der Waals surface area contributed by atoms with Crippen molar-refractivity contribution in [1.29, 1.82) is 0 Å². The van der Waals surface area contributed by atoms with Gasteiger partial charge in [0.25, 0.3) is 0 Å². The Labute approximate surface area is 163 Å². The monoisotopic (exact) mass is 344 g/mol. The van der Waals surface area contributed by atoms with Crippen molar-refractivity contribution in [1.82, 2.24) is 0 Å². The van der Waals surface area contributed by atoms with Crippen LogP contribution < -0.4 is 0 Å². The summed E-state index contributed by atoms with van der Waals surface area (Å²) in [7, 11) is 0. The van der Waals surface area contributed by atoms with E-state index in [4.69, 9.17) is 0 Å². The van der Waals surface area contributed by atoms with E-state index in [1.807, 2.05) is 64.2 Å². The van der Waals surface area contributed by atoms with Crippen LogP contribution in [0.15, 0.2) is 5.57 Å². The second-order valence-electron chi connectivity index (χ2n) is 5.16. The minimum Gasteiger partial charge on any atom is -0.500 e. The summed E-state index contributed by atoms with van der Waals surface area (Å²) in [5.74, 6) is 0. The molecular formula is C22H32Ti+2. The summed E-state index contributed by atoms with van der Waals surface area (Å²) in [5, 5.41) is 0. The number of rotatable bonds is 7. The number of unbranched alkanes of at least 4 members (excludes halogenated alkanes) is 3. The first kappa shape index (κ1) is 25.7. The van der Waals surface area contributed by atoms with Gasteiger partial charge in [-0.1, -0.05) is 46.0 Å². The first-order valence-corrected chi connectivity index (χ1v) is 8.56.